The Kier molecular flexibility index (Phi) is 4.38. The van der Waals surface area contributed by atoms with Gasteiger partial charge in [-0.25, -0.2) is 23.5 Å². The van der Waals surface area contributed by atoms with Crippen LogP contribution in [0.15, 0.2) is 28.9 Å². The van der Waals surface area contributed by atoms with Gasteiger partial charge < -0.3 is 14.8 Å². The molecule has 0 aromatic carbocycles. The van der Waals surface area contributed by atoms with E-state index in [1.54, 1.807) is 13.3 Å². The molecule has 1 saturated heterocycles. The SMILES string of the molecule is Cc1c(S(N)(=O)=O)csc1C(=O)N1CCN(c2ncnc3[nH]ccc23)CC2(CC2)C1. The van der Waals surface area contributed by atoms with Crippen molar-refractivity contribution in [3.63, 3.8) is 0 Å². The Labute approximate surface area is 178 Å². The van der Waals surface area contributed by atoms with Crippen LogP contribution < -0.4 is 10.0 Å². The molecule has 11 heteroatoms. The molecule has 3 aromatic heterocycles. The van der Waals surface area contributed by atoms with Crippen LogP contribution in [-0.4, -0.2) is 60.4 Å². The third-order valence-electron chi connectivity index (χ3n) is 6.06. The number of aromatic amines is 1. The fraction of sp³-hybridized carbons (Fsp3) is 0.421. The van der Waals surface area contributed by atoms with Crippen LogP contribution in [0.4, 0.5) is 5.82 Å². The number of primary sulfonamides is 1. The van der Waals surface area contributed by atoms with E-state index < -0.39 is 10.0 Å². The fourth-order valence-electron chi connectivity index (χ4n) is 4.25. The van der Waals surface area contributed by atoms with Crippen LogP contribution >= 0.6 is 11.3 Å². The lowest BCUT2D eigenvalue weighted by Gasteiger charge is -2.25. The molecule has 1 aliphatic carbocycles. The second-order valence-electron chi connectivity index (χ2n) is 8.18. The molecule has 0 unspecified atom stereocenters. The molecule has 5 rings (SSSR count). The molecule has 1 saturated carbocycles. The third-order valence-corrected chi connectivity index (χ3v) is 8.32. The van der Waals surface area contributed by atoms with Crippen LogP contribution in [0.3, 0.4) is 0 Å². The number of amides is 1. The molecule has 2 aliphatic rings. The van der Waals surface area contributed by atoms with E-state index in [1.165, 1.54) is 5.38 Å². The van der Waals surface area contributed by atoms with Gasteiger partial charge in [0.25, 0.3) is 5.91 Å². The Hall–Kier alpha value is -2.50. The first-order valence-electron chi connectivity index (χ1n) is 9.71. The zero-order valence-electron chi connectivity index (χ0n) is 16.5. The van der Waals surface area contributed by atoms with Gasteiger partial charge in [0.05, 0.1) is 15.2 Å². The number of hydrogen-bond acceptors (Lipinski definition) is 7. The maximum atomic E-state index is 13.3. The standard InChI is InChI=1S/C19H22N6O3S2/c1-12-14(30(20,27)28)8-29-15(12)18(26)25-7-6-24(9-19(10-25)3-4-19)17-13-2-5-21-16(13)22-11-23-17/h2,5,8,11H,3-4,6-7,9-10H2,1H3,(H2,20,27,28)(H,21,22,23). The molecule has 0 atom stereocenters. The van der Waals surface area contributed by atoms with Crippen molar-refractivity contribution in [1.29, 1.82) is 0 Å². The van der Waals surface area contributed by atoms with Gasteiger partial charge in [-0.15, -0.1) is 11.3 Å². The summed E-state index contributed by atoms with van der Waals surface area (Å²) in [5.74, 6) is 0.751. The number of carbonyl (C=O) groups excluding carboxylic acids is 1. The van der Waals surface area contributed by atoms with Crippen LogP contribution in [0, 0.1) is 12.3 Å². The minimum absolute atomic E-state index is 0.0317. The van der Waals surface area contributed by atoms with Crippen LogP contribution in [0.1, 0.15) is 28.1 Å². The van der Waals surface area contributed by atoms with Gasteiger partial charge in [0.2, 0.25) is 10.0 Å². The number of rotatable bonds is 3. The van der Waals surface area contributed by atoms with Crippen molar-refractivity contribution in [3.8, 4) is 0 Å². The number of nitrogens with two attached hydrogens (primary N) is 1. The summed E-state index contributed by atoms with van der Waals surface area (Å²) in [6.07, 6.45) is 5.53. The Balaban J connectivity index is 1.44. The summed E-state index contributed by atoms with van der Waals surface area (Å²) in [5, 5.41) is 7.71. The summed E-state index contributed by atoms with van der Waals surface area (Å²) in [6.45, 7) is 4.32. The predicted molar refractivity (Wildman–Crippen MR) is 114 cm³/mol. The van der Waals surface area contributed by atoms with E-state index in [-0.39, 0.29) is 16.2 Å². The highest BCUT2D eigenvalue weighted by atomic mass is 32.2. The van der Waals surface area contributed by atoms with E-state index >= 15 is 0 Å². The Morgan fingerprint density at radius 3 is 2.77 bits per heavy atom. The van der Waals surface area contributed by atoms with E-state index in [2.05, 4.69) is 19.9 Å². The van der Waals surface area contributed by atoms with Crippen LogP contribution in [0.25, 0.3) is 11.0 Å². The quantitative estimate of drug-likeness (QED) is 0.631. The van der Waals surface area contributed by atoms with Crippen molar-refractivity contribution in [2.75, 3.05) is 31.1 Å². The van der Waals surface area contributed by atoms with E-state index in [9.17, 15) is 13.2 Å². The molecular formula is C19H22N6O3S2. The van der Waals surface area contributed by atoms with Gasteiger partial charge in [-0.05, 0) is 31.4 Å². The van der Waals surface area contributed by atoms with Gasteiger partial charge in [-0.3, -0.25) is 4.79 Å². The number of nitrogens with zero attached hydrogens (tertiary/aromatic N) is 4. The first-order valence-corrected chi connectivity index (χ1v) is 12.1. The Bertz CT molecular complexity index is 1240. The summed E-state index contributed by atoms with van der Waals surface area (Å²) < 4.78 is 23.5. The molecule has 1 spiro atoms. The minimum atomic E-state index is -3.84. The molecule has 0 radical (unpaired) electrons. The minimum Gasteiger partial charge on any atom is -0.354 e. The smallest absolute Gasteiger partial charge is 0.264 e. The van der Waals surface area contributed by atoms with Crippen molar-refractivity contribution in [2.45, 2.75) is 24.7 Å². The van der Waals surface area contributed by atoms with Crippen LogP contribution in [0.2, 0.25) is 0 Å². The molecule has 2 fully saturated rings. The lowest BCUT2D eigenvalue weighted by atomic mass is 10.1. The summed E-state index contributed by atoms with van der Waals surface area (Å²) in [7, 11) is -3.84. The van der Waals surface area contributed by atoms with Crippen molar-refractivity contribution < 1.29 is 13.2 Å². The molecule has 3 aromatic rings. The maximum absolute atomic E-state index is 13.3. The lowest BCUT2D eigenvalue weighted by molar-refractivity contribution is 0.0745. The Morgan fingerprint density at radius 2 is 2.07 bits per heavy atom. The summed E-state index contributed by atoms with van der Waals surface area (Å²) in [6, 6.07) is 1.97. The van der Waals surface area contributed by atoms with Gasteiger partial charge in [-0.2, -0.15) is 0 Å². The van der Waals surface area contributed by atoms with Crippen molar-refractivity contribution in [1.82, 2.24) is 19.9 Å². The van der Waals surface area contributed by atoms with Gasteiger partial charge >= 0.3 is 0 Å². The molecule has 1 aliphatic heterocycles. The average Bonchev–Trinajstić information content (AvgIpc) is 3.13. The molecule has 0 bridgehead atoms. The number of carbonyl (C=O) groups is 1. The number of thiophene rings is 1. The van der Waals surface area contributed by atoms with E-state index in [0.717, 1.165) is 47.6 Å². The summed E-state index contributed by atoms with van der Waals surface area (Å²) in [4.78, 5) is 29.8. The number of anilines is 1. The number of sulfonamides is 1. The lowest BCUT2D eigenvalue weighted by Crippen LogP contribution is -2.36. The molecule has 30 heavy (non-hydrogen) atoms. The maximum Gasteiger partial charge on any atom is 0.264 e. The average molecular weight is 447 g/mol. The second-order valence-corrected chi connectivity index (χ2v) is 10.6. The number of aromatic nitrogens is 3. The van der Waals surface area contributed by atoms with Crippen LogP contribution in [-0.2, 0) is 10.0 Å². The molecular weight excluding hydrogens is 424 g/mol. The predicted octanol–water partition coefficient (Wildman–Crippen LogP) is 1.72. The highest BCUT2D eigenvalue weighted by Crippen LogP contribution is 2.49. The number of nitrogens with one attached hydrogen (secondary N) is 1. The summed E-state index contributed by atoms with van der Waals surface area (Å²) in [5.41, 5.74) is 1.28. The highest BCUT2D eigenvalue weighted by Gasteiger charge is 2.48. The second kappa shape index (κ2) is 6.76. The molecule has 1 amide bonds. The number of fused-ring (bicyclic) bond motifs is 1. The number of H-pyrrole nitrogens is 1. The monoisotopic (exact) mass is 446 g/mol. The van der Waals surface area contributed by atoms with E-state index in [1.807, 2.05) is 17.2 Å². The van der Waals surface area contributed by atoms with Crippen molar-refractivity contribution in [3.05, 3.63) is 34.4 Å². The highest BCUT2D eigenvalue weighted by molar-refractivity contribution is 7.89. The molecule has 3 N–H and O–H groups in total. The molecule has 4 heterocycles. The molecule has 158 valence electrons. The number of hydrogen-bond donors (Lipinski definition) is 2. The van der Waals surface area contributed by atoms with E-state index in [0.29, 0.717) is 30.1 Å². The van der Waals surface area contributed by atoms with Gasteiger partial charge in [-0.1, -0.05) is 0 Å². The topological polar surface area (TPSA) is 125 Å². The first-order chi connectivity index (χ1) is 14.3. The van der Waals surface area contributed by atoms with Crippen molar-refractivity contribution >= 4 is 44.1 Å². The van der Waals surface area contributed by atoms with Crippen molar-refractivity contribution in [2.24, 2.45) is 10.6 Å². The summed E-state index contributed by atoms with van der Waals surface area (Å²) >= 11 is 1.14. The van der Waals surface area contributed by atoms with E-state index in [4.69, 9.17) is 5.14 Å². The first kappa shape index (κ1) is 19.5. The normalized spacial score (nSPS) is 18.7. The molecule has 9 nitrogen and oxygen atoms in total. The zero-order chi connectivity index (χ0) is 21.1. The third kappa shape index (κ3) is 3.26. The van der Waals surface area contributed by atoms with Crippen LogP contribution in [0.5, 0.6) is 0 Å². The fourth-order valence-corrected chi connectivity index (χ4v) is 6.45. The Morgan fingerprint density at radius 1 is 1.27 bits per heavy atom. The largest absolute Gasteiger partial charge is 0.354 e. The van der Waals surface area contributed by atoms with Gasteiger partial charge in [0, 0.05) is 43.2 Å². The zero-order valence-corrected chi connectivity index (χ0v) is 18.1. The van der Waals surface area contributed by atoms with Gasteiger partial charge in [0.15, 0.2) is 0 Å². The van der Waals surface area contributed by atoms with Gasteiger partial charge in [0.1, 0.15) is 17.8 Å².